The zero-order chi connectivity index (χ0) is 25.1. The van der Waals surface area contributed by atoms with Gasteiger partial charge in [-0.05, 0) is 61.6 Å². The van der Waals surface area contributed by atoms with Crippen molar-refractivity contribution in [3.63, 3.8) is 0 Å². The second-order valence-electron chi connectivity index (χ2n) is 7.67. The molecule has 1 saturated heterocycles. The van der Waals surface area contributed by atoms with E-state index in [-0.39, 0.29) is 35.6 Å². The summed E-state index contributed by atoms with van der Waals surface area (Å²) in [7, 11) is 0. The second kappa shape index (κ2) is 9.94. The van der Waals surface area contributed by atoms with Crippen molar-refractivity contribution in [1.29, 1.82) is 0 Å². The molecule has 1 aliphatic heterocycles. The number of carboxylic acids is 2. The van der Waals surface area contributed by atoms with Crippen molar-refractivity contribution in [2.45, 2.75) is 19.0 Å². The molecule has 1 fully saturated rings. The van der Waals surface area contributed by atoms with E-state index in [9.17, 15) is 24.6 Å². The fourth-order valence-corrected chi connectivity index (χ4v) is 4.22. The van der Waals surface area contributed by atoms with Gasteiger partial charge in [0, 0.05) is 11.8 Å². The average molecular weight is 496 g/mol. The highest BCUT2D eigenvalue weighted by Crippen LogP contribution is 2.40. The topological polar surface area (TPSA) is 142 Å². The van der Waals surface area contributed by atoms with Crippen LogP contribution in [0.3, 0.4) is 0 Å². The predicted molar refractivity (Wildman–Crippen MR) is 127 cm³/mol. The summed E-state index contributed by atoms with van der Waals surface area (Å²) < 4.78 is 11.2. The monoisotopic (exact) mass is 495 g/mol. The van der Waals surface area contributed by atoms with Gasteiger partial charge >= 0.3 is 17.9 Å². The number of nitrogens with zero attached hydrogens (tertiary/aromatic N) is 2. The minimum Gasteiger partial charge on any atom is -0.478 e. The molecule has 1 aromatic carbocycles. The summed E-state index contributed by atoms with van der Waals surface area (Å²) in [6, 6.07) is 11.5. The number of carboxylic acid groups (broad SMARTS) is 2. The number of hydrogen-bond acceptors (Lipinski definition) is 7. The number of aromatic nitrogens is 1. The van der Waals surface area contributed by atoms with E-state index in [1.165, 1.54) is 12.1 Å². The van der Waals surface area contributed by atoms with E-state index in [0.717, 1.165) is 6.07 Å². The van der Waals surface area contributed by atoms with Gasteiger partial charge in [0.25, 0.3) is 0 Å². The van der Waals surface area contributed by atoms with Crippen molar-refractivity contribution in [2.75, 3.05) is 13.2 Å². The van der Waals surface area contributed by atoms with Crippen LogP contribution >= 0.6 is 12.2 Å². The van der Waals surface area contributed by atoms with Gasteiger partial charge in [-0.1, -0.05) is 6.07 Å². The molecule has 3 N–H and O–H groups in total. The number of carbonyl (C=O) groups excluding carboxylic acids is 1. The highest BCUT2D eigenvalue weighted by Gasteiger charge is 2.42. The van der Waals surface area contributed by atoms with Gasteiger partial charge in [-0.15, -0.1) is 0 Å². The lowest BCUT2D eigenvalue weighted by Gasteiger charge is -2.25. The van der Waals surface area contributed by atoms with Crippen molar-refractivity contribution in [3.8, 4) is 11.3 Å². The van der Waals surface area contributed by atoms with Crippen LogP contribution in [0.25, 0.3) is 11.3 Å². The lowest BCUT2D eigenvalue weighted by Crippen LogP contribution is -2.35. The molecule has 35 heavy (non-hydrogen) atoms. The van der Waals surface area contributed by atoms with Crippen molar-refractivity contribution in [3.05, 3.63) is 77.3 Å². The maximum atomic E-state index is 12.3. The first-order valence-electron chi connectivity index (χ1n) is 10.6. The van der Waals surface area contributed by atoms with Crippen molar-refractivity contribution in [1.82, 2.24) is 15.2 Å². The summed E-state index contributed by atoms with van der Waals surface area (Å²) in [5, 5.41) is 22.3. The molecule has 0 aliphatic carbocycles. The Morgan fingerprint density at radius 3 is 2.43 bits per heavy atom. The van der Waals surface area contributed by atoms with Gasteiger partial charge in [0.05, 0.1) is 29.5 Å². The molecule has 4 rings (SSSR count). The summed E-state index contributed by atoms with van der Waals surface area (Å²) in [6.45, 7) is 1.81. The highest BCUT2D eigenvalue weighted by atomic mass is 32.1. The van der Waals surface area contributed by atoms with Gasteiger partial charge in [-0.25, -0.2) is 9.59 Å². The first-order chi connectivity index (χ1) is 16.8. The van der Waals surface area contributed by atoms with E-state index in [1.807, 2.05) is 12.1 Å². The molecule has 1 aliphatic rings. The number of esters is 1. The second-order valence-corrected chi connectivity index (χ2v) is 8.06. The number of nitrogens with one attached hydrogen (secondary N) is 1. The molecule has 0 radical (unpaired) electrons. The Kier molecular flexibility index (Phi) is 6.78. The lowest BCUT2D eigenvalue weighted by atomic mass is 10.0. The lowest BCUT2D eigenvalue weighted by molar-refractivity contribution is -0.143. The number of rotatable bonds is 8. The van der Waals surface area contributed by atoms with Gasteiger partial charge in [0.15, 0.2) is 5.11 Å². The maximum Gasteiger partial charge on any atom is 0.335 e. The average Bonchev–Trinajstić information content (AvgIpc) is 3.44. The smallest absolute Gasteiger partial charge is 0.335 e. The van der Waals surface area contributed by atoms with Crippen LogP contribution in [0.4, 0.5) is 0 Å². The molecule has 0 spiro atoms. The van der Waals surface area contributed by atoms with E-state index in [0.29, 0.717) is 16.6 Å². The molecule has 11 heteroatoms. The van der Waals surface area contributed by atoms with Crippen molar-refractivity contribution in [2.24, 2.45) is 0 Å². The number of thiocarbonyl (C=S) groups is 1. The maximum absolute atomic E-state index is 12.3. The molecule has 3 aromatic rings. The Balaban J connectivity index is 1.75. The Labute approximate surface area is 205 Å². The number of hydrogen-bond donors (Lipinski definition) is 3. The SMILES string of the molecule is CCOC(=O)CN1C(=S)N[C@@H](c2ccccn2)[C@H]1c1ccc(-c2cc(C(=O)O)cc(C(=O)O)c2)o1. The van der Waals surface area contributed by atoms with Crippen LogP contribution in [0, 0.1) is 0 Å². The van der Waals surface area contributed by atoms with Gasteiger partial charge < -0.3 is 29.6 Å². The van der Waals surface area contributed by atoms with Crippen LogP contribution in [0.2, 0.25) is 0 Å². The zero-order valence-corrected chi connectivity index (χ0v) is 19.3. The highest BCUT2D eigenvalue weighted by molar-refractivity contribution is 7.80. The van der Waals surface area contributed by atoms with E-state index in [4.69, 9.17) is 21.4 Å². The number of benzene rings is 1. The molecule has 0 bridgehead atoms. The van der Waals surface area contributed by atoms with E-state index >= 15 is 0 Å². The fourth-order valence-electron chi connectivity index (χ4n) is 3.91. The number of furan rings is 1. The van der Waals surface area contributed by atoms with Crippen LogP contribution in [0.15, 0.2) is 59.1 Å². The summed E-state index contributed by atoms with van der Waals surface area (Å²) >= 11 is 5.50. The third-order valence-electron chi connectivity index (χ3n) is 5.43. The largest absolute Gasteiger partial charge is 0.478 e. The van der Waals surface area contributed by atoms with Crippen LogP contribution in [0.5, 0.6) is 0 Å². The number of ether oxygens (including phenoxy) is 1. The van der Waals surface area contributed by atoms with Gasteiger partial charge in [-0.2, -0.15) is 0 Å². The Morgan fingerprint density at radius 1 is 1.11 bits per heavy atom. The first-order valence-corrected chi connectivity index (χ1v) is 11.0. The van der Waals surface area contributed by atoms with Crippen LogP contribution < -0.4 is 5.32 Å². The summed E-state index contributed by atoms with van der Waals surface area (Å²) in [5.41, 5.74) is 0.590. The van der Waals surface area contributed by atoms with Crippen molar-refractivity contribution < 1.29 is 33.8 Å². The van der Waals surface area contributed by atoms with Gasteiger partial charge in [-0.3, -0.25) is 9.78 Å². The van der Waals surface area contributed by atoms with Crippen molar-refractivity contribution >= 4 is 35.2 Å². The fraction of sp³-hybridized carbons (Fsp3) is 0.208. The summed E-state index contributed by atoms with van der Waals surface area (Å²) in [6.07, 6.45) is 1.64. The van der Waals surface area contributed by atoms with Crippen LogP contribution in [-0.2, 0) is 9.53 Å². The predicted octanol–water partition coefficient (Wildman–Crippen LogP) is 3.27. The molecule has 180 valence electrons. The Morgan fingerprint density at radius 2 is 1.83 bits per heavy atom. The molecule has 0 unspecified atom stereocenters. The minimum absolute atomic E-state index is 0.124. The third kappa shape index (κ3) is 4.99. The molecule has 0 saturated carbocycles. The molecule has 0 amide bonds. The molecule has 10 nitrogen and oxygen atoms in total. The van der Waals surface area contributed by atoms with E-state index < -0.39 is 30.0 Å². The van der Waals surface area contributed by atoms with E-state index in [2.05, 4.69) is 10.3 Å². The van der Waals surface area contributed by atoms with E-state index in [1.54, 1.807) is 36.2 Å². The minimum atomic E-state index is -1.26. The quantitative estimate of drug-likeness (QED) is 0.313. The summed E-state index contributed by atoms with van der Waals surface area (Å²) in [5.74, 6) is -2.30. The molecule has 2 aromatic heterocycles. The number of aromatic carboxylic acids is 2. The third-order valence-corrected chi connectivity index (χ3v) is 5.78. The number of pyridine rings is 1. The Hall–Kier alpha value is -4.25. The molecule has 2 atom stereocenters. The zero-order valence-electron chi connectivity index (χ0n) is 18.5. The number of carbonyl (C=O) groups is 3. The normalized spacial score (nSPS) is 17.2. The van der Waals surface area contributed by atoms with Crippen LogP contribution in [0.1, 0.15) is 51.2 Å². The Bertz CT molecular complexity index is 1260. The van der Waals surface area contributed by atoms with Gasteiger partial charge in [0.1, 0.15) is 24.1 Å². The molecular weight excluding hydrogens is 474 g/mol. The molecular formula is C24H21N3O7S. The molecule has 3 heterocycles. The van der Waals surface area contributed by atoms with Gasteiger partial charge in [0.2, 0.25) is 0 Å². The summed E-state index contributed by atoms with van der Waals surface area (Å²) in [4.78, 5) is 41.4. The first kappa shape index (κ1) is 23.9. The standard InChI is InChI=1S/C24H21N3O7S/c1-2-33-19(28)12-27-21(20(26-24(27)35)16-5-3-4-8-25-16)18-7-6-17(34-18)13-9-14(22(29)30)11-15(10-13)23(31)32/h3-11,20-21H,2,12H2,1H3,(H,26,35)(H,29,30)(H,31,32)/t20-,21+/m0/s1. The van der Waals surface area contributed by atoms with Crippen LogP contribution in [-0.4, -0.2) is 56.3 Å².